The molecule has 2 aromatic carbocycles. The number of aromatic nitrogens is 4. The van der Waals surface area contributed by atoms with E-state index in [-0.39, 0.29) is 41.1 Å². The number of nitrogens with zero attached hydrogens (tertiary/aromatic N) is 4. The number of H-pyrrole nitrogens is 1. The van der Waals surface area contributed by atoms with Crippen molar-refractivity contribution in [2.24, 2.45) is 7.05 Å². The number of carbonyl (C=O) groups excluding carboxylic acids is 2. The summed E-state index contributed by atoms with van der Waals surface area (Å²) in [6.45, 7) is 0. The third kappa shape index (κ3) is 2.82. The number of benzene rings is 2. The lowest BCUT2D eigenvalue weighted by Gasteiger charge is -2.35. The average molecular weight is 511 g/mol. The van der Waals surface area contributed by atoms with Gasteiger partial charge in [-0.25, -0.2) is 4.98 Å². The van der Waals surface area contributed by atoms with Crippen molar-refractivity contribution in [1.29, 1.82) is 0 Å². The maximum atomic E-state index is 13.9. The van der Waals surface area contributed by atoms with E-state index in [1.165, 1.54) is 12.1 Å². The number of carbonyl (C=O) groups is 2. The summed E-state index contributed by atoms with van der Waals surface area (Å²) in [5.74, 6) is -0.104. The summed E-state index contributed by atoms with van der Waals surface area (Å²) < 4.78 is 1.71. The van der Waals surface area contributed by atoms with Gasteiger partial charge in [-0.2, -0.15) is 4.98 Å². The van der Waals surface area contributed by atoms with Crippen LogP contribution in [0.2, 0.25) is 0 Å². The Morgan fingerprint density at radius 1 is 1.11 bits per heavy atom. The lowest BCUT2D eigenvalue weighted by molar-refractivity contribution is -0.141. The van der Waals surface area contributed by atoms with Gasteiger partial charge in [-0.3, -0.25) is 19.4 Å². The summed E-state index contributed by atoms with van der Waals surface area (Å²) in [6, 6.07) is 13.2. The fourth-order valence-electron chi connectivity index (χ4n) is 6.07. The molecule has 3 aliphatic heterocycles. The molecular formula is C26H22N8O4. The molecule has 2 aromatic heterocycles. The zero-order valence-electron chi connectivity index (χ0n) is 20.1. The number of rotatable bonds is 2. The molecule has 0 radical (unpaired) electrons. The van der Waals surface area contributed by atoms with Gasteiger partial charge in [-0.15, -0.1) is 0 Å². The van der Waals surface area contributed by atoms with Crippen LogP contribution in [0.25, 0.3) is 17.2 Å². The van der Waals surface area contributed by atoms with E-state index in [0.717, 1.165) is 11.3 Å². The van der Waals surface area contributed by atoms with Gasteiger partial charge in [0.1, 0.15) is 29.5 Å². The molecule has 0 unspecified atom stereocenters. The van der Waals surface area contributed by atoms with Gasteiger partial charge >= 0.3 is 0 Å². The van der Waals surface area contributed by atoms with E-state index < -0.39 is 23.2 Å². The minimum atomic E-state index is -0.946. The topological polar surface area (TPSA) is 171 Å². The first kappa shape index (κ1) is 22.1. The predicted octanol–water partition coefficient (Wildman–Crippen LogP) is 0.754. The van der Waals surface area contributed by atoms with Crippen LogP contribution in [0.15, 0.2) is 59.0 Å². The number of imidazole rings is 1. The molecular weight excluding hydrogens is 488 g/mol. The third-order valence-electron chi connectivity index (χ3n) is 7.67. The quantitative estimate of drug-likeness (QED) is 0.246. The lowest BCUT2D eigenvalue weighted by atomic mass is 9.77. The van der Waals surface area contributed by atoms with Gasteiger partial charge in [0.05, 0.1) is 5.41 Å². The summed E-state index contributed by atoms with van der Waals surface area (Å²) in [4.78, 5) is 53.1. The molecule has 12 heteroatoms. The SMILES string of the molecule is Cn1c([C@@]23C[C@H]4C(=O)N/C(=C/c5ccc(O)cc5)C(=O)N4[C@H]2Nc2ccccc23)nc2c(=O)[nH]c(N)nc21. The normalized spacial score (nSPS) is 24.8. The highest BCUT2D eigenvalue weighted by Crippen LogP contribution is 2.55. The van der Waals surface area contributed by atoms with Gasteiger partial charge in [-0.05, 0) is 41.8 Å². The van der Waals surface area contributed by atoms with Crippen molar-refractivity contribution in [3.63, 3.8) is 0 Å². The number of aromatic hydroxyl groups is 1. The van der Waals surface area contributed by atoms with Crippen molar-refractivity contribution in [2.45, 2.75) is 24.0 Å². The van der Waals surface area contributed by atoms with E-state index in [2.05, 4.69) is 20.6 Å². The van der Waals surface area contributed by atoms with Crippen LogP contribution in [0.5, 0.6) is 5.75 Å². The number of piperazine rings is 1. The molecule has 2 saturated heterocycles. The molecule has 5 heterocycles. The highest BCUT2D eigenvalue weighted by Gasteiger charge is 2.65. The van der Waals surface area contributed by atoms with Gasteiger partial charge in [-0.1, -0.05) is 30.3 Å². The van der Waals surface area contributed by atoms with E-state index in [9.17, 15) is 19.5 Å². The Balaban J connectivity index is 1.42. The first-order chi connectivity index (χ1) is 18.3. The molecule has 6 N–H and O–H groups in total. The standard InChI is InChI=1S/C26H22N8O4/c1-33-19-18(21(37)32-25(27)31-19)30-23(33)26-11-17-20(36)28-16(10-12-6-8-13(35)9-7-12)22(38)34(17)24(26)29-15-5-3-2-4-14(15)26/h2-10,17,24,29,35H,11H2,1H3,(H,28,36)(H3,27,31,32,37)/b16-10+/t17-,24+,26-/m0/s1. The number of fused-ring (bicyclic) bond motifs is 6. The zero-order valence-corrected chi connectivity index (χ0v) is 20.1. The van der Waals surface area contributed by atoms with Crippen molar-refractivity contribution in [1.82, 2.24) is 29.7 Å². The first-order valence-corrected chi connectivity index (χ1v) is 12.0. The highest BCUT2D eigenvalue weighted by atomic mass is 16.3. The van der Waals surface area contributed by atoms with E-state index >= 15 is 0 Å². The monoisotopic (exact) mass is 510 g/mol. The maximum Gasteiger partial charge on any atom is 0.280 e. The van der Waals surface area contributed by atoms with E-state index in [0.29, 0.717) is 17.0 Å². The number of para-hydroxylation sites is 1. The largest absolute Gasteiger partial charge is 0.508 e. The summed E-state index contributed by atoms with van der Waals surface area (Å²) in [6.07, 6.45) is 1.17. The summed E-state index contributed by atoms with van der Waals surface area (Å²) in [5, 5.41) is 15.8. The van der Waals surface area contributed by atoms with Crippen LogP contribution < -0.4 is 21.9 Å². The number of aryl methyl sites for hydroxylation is 1. The van der Waals surface area contributed by atoms with E-state index in [4.69, 9.17) is 10.7 Å². The average Bonchev–Trinajstić information content (AvgIpc) is 3.51. The van der Waals surface area contributed by atoms with Crippen LogP contribution in [-0.2, 0) is 22.1 Å². The molecule has 2 fully saturated rings. The number of anilines is 2. The molecule has 0 bridgehead atoms. The number of nitrogens with one attached hydrogen (secondary N) is 3. The second-order valence-corrected chi connectivity index (χ2v) is 9.75. The smallest absolute Gasteiger partial charge is 0.280 e. The third-order valence-corrected chi connectivity index (χ3v) is 7.67. The predicted molar refractivity (Wildman–Crippen MR) is 138 cm³/mol. The van der Waals surface area contributed by atoms with Crippen LogP contribution in [-0.4, -0.2) is 53.5 Å². The Morgan fingerprint density at radius 3 is 2.66 bits per heavy atom. The molecule has 190 valence electrons. The molecule has 38 heavy (non-hydrogen) atoms. The van der Waals surface area contributed by atoms with Crippen molar-refractivity contribution in [3.05, 3.63) is 81.5 Å². The van der Waals surface area contributed by atoms with Gasteiger partial charge in [0.15, 0.2) is 11.2 Å². The Labute approximate surface area is 214 Å². The number of phenolic OH excluding ortho intramolecular Hbond substituents is 1. The Bertz CT molecular complexity index is 1770. The second kappa shape index (κ2) is 7.44. The Hall–Kier alpha value is -5.13. The maximum absolute atomic E-state index is 13.9. The molecule has 0 spiro atoms. The number of aromatic amines is 1. The molecule has 3 aliphatic rings. The number of hydrogen-bond donors (Lipinski definition) is 5. The Morgan fingerprint density at radius 2 is 1.87 bits per heavy atom. The van der Waals surface area contributed by atoms with Crippen LogP contribution in [0.4, 0.5) is 11.6 Å². The van der Waals surface area contributed by atoms with Crippen LogP contribution in [0, 0.1) is 0 Å². The van der Waals surface area contributed by atoms with Crippen molar-refractivity contribution < 1.29 is 14.7 Å². The Kier molecular flexibility index (Phi) is 4.33. The van der Waals surface area contributed by atoms with Crippen molar-refractivity contribution in [2.75, 3.05) is 11.1 Å². The minimum absolute atomic E-state index is 0.0292. The summed E-state index contributed by atoms with van der Waals surface area (Å²) in [7, 11) is 1.75. The summed E-state index contributed by atoms with van der Waals surface area (Å²) >= 11 is 0. The van der Waals surface area contributed by atoms with Crippen LogP contribution >= 0.6 is 0 Å². The molecule has 2 amide bonds. The van der Waals surface area contributed by atoms with Gasteiger partial charge in [0.25, 0.3) is 11.5 Å². The van der Waals surface area contributed by atoms with E-state index in [1.807, 2.05) is 24.3 Å². The molecule has 12 nitrogen and oxygen atoms in total. The van der Waals surface area contributed by atoms with Crippen LogP contribution in [0.1, 0.15) is 23.4 Å². The van der Waals surface area contributed by atoms with Gasteiger partial charge in [0, 0.05) is 12.7 Å². The molecule has 3 atom stereocenters. The number of phenols is 1. The summed E-state index contributed by atoms with van der Waals surface area (Å²) in [5.41, 5.74) is 7.29. The molecule has 0 saturated carbocycles. The van der Waals surface area contributed by atoms with Crippen molar-refractivity contribution in [3.8, 4) is 5.75 Å². The number of nitrogens with two attached hydrogens (primary N) is 1. The fourth-order valence-corrected chi connectivity index (χ4v) is 6.07. The highest BCUT2D eigenvalue weighted by molar-refractivity contribution is 6.08. The molecule has 7 rings (SSSR count). The number of amides is 2. The molecule has 4 aromatic rings. The number of nitrogen functional groups attached to an aromatic ring is 1. The van der Waals surface area contributed by atoms with Crippen molar-refractivity contribution >= 4 is 40.7 Å². The minimum Gasteiger partial charge on any atom is -0.508 e. The van der Waals surface area contributed by atoms with Gasteiger partial charge in [0.2, 0.25) is 11.9 Å². The first-order valence-electron chi connectivity index (χ1n) is 12.0. The fraction of sp³-hybridized carbons (Fsp3) is 0.192. The zero-order chi connectivity index (χ0) is 26.3. The molecule has 0 aliphatic carbocycles. The van der Waals surface area contributed by atoms with Crippen LogP contribution in [0.3, 0.4) is 0 Å². The lowest BCUT2D eigenvalue weighted by Crippen LogP contribution is -2.58. The number of hydrogen-bond acceptors (Lipinski definition) is 8. The second-order valence-electron chi connectivity index (χ2n) is 9.75. The van der Waals surface area contributed by atoms with Gasteiger partial charge < -0.3 is 30.9 Å². The van der Waals surface area contributed by atoms with E-state index in [1.54, 1.807) is 34.7 Å².